The van der Waals surface area contributed by atoms with E-state index in [2.05, 4.69) is 0 Å². The van der Waals surface area contributed by atoms with Crippen LogP contribution in [0.15, 0.2) is 24.3 Å². The molecular formula is C18H24O3S. The number of carbonyl (C=O) groups is 1. The summed E-state index contributed by atoms with van der Waals surface area (Å²) in [5.41, 5.74) is 0.252. The molecule has 3 nitrogen and oxygen atoms in total. The van der Waals surface area contributed by atoms with Gasteiger partial charge >= 0.3 is 5.97 Å². The van der Waals surface area contributed by atoms with Crippen molar-refractivity contribution in [3.05, 3.63) is 29.8 Å². The van der Waals surface area contributed by atoms with Crippen LogP contribution in [0.4, 0.5) is 0 Å². The highest BCUT2D eigenvalue weighted by Crippen LogP contribution is 2.40. The van der Waals surface area contributed by atoms with Crippen LogP contribution in [0, 0.1) is 0 Å². The molecule has 1 saturated heterocycles. The molecule has 0 aromatic heterocycles. The molecule has 22 heavy (non-hydrogen) atoms. The Bertz CT molecular complexity index is 500. The Hall–Kier alpha value is -1.16. The van der Waals surface area contributed by atoms with E-state index in [1.165, 1.54) is 12.2 Å². The molecule has 1 N–H and O–H groups in total. The lowest BCUT2D eigenvalue weighted by Crippen LogP contribution is -2.37. The predicted octanol–water partition coefficient (Wildman–Crippen LogP) is 4.25. The zero-order valence-corrected chi connectivity index (χ0v) is 13.7. The Morgan fingerprint density at radius 2 is 1.86 bits per heavy atom. The van der Waals surface area contributed by atoms with Crippen molar-refractivity contribution in [1.82, 2.24) is 0 Å². The molecule has 0 bridgehead atoms. The lowest BCUT2D eigenvalue weighted by atomic mass is 9.69. The van der Waals surface area contributed by atoms with Crippen LogP contribution in [0.5, 0.6) is 5.75 Å². The molecule has 1 unspecified atom stereocenters. The topological polar surface area (TPSA) is 46.5 Å². The van der Waals surface area contributed by atoms with Crippen LogP contribution in [-0.4, -0.2) is 28.7 Å². The Morgan fingerprint density at radius 3 is 2.45 bits per heavy atom. The summed E-state index contributed by atoms with van der Waals surface area (Å²) in [4.78, 5) is 11.8. The summed E-state index contributed by atoms with van der Waals surface area (Å²) in [5.74, 6) is 2.48. The highest BCUT2D eigenvalue weighted by atomic mass is 32.2. The van der Waals surface area contributed by atoms with Gasteiger partial charge in [0.15, 0.2) is 0 Å². The molecular weight excluding hydrogens is 296 g/mol. The van der Waals surface area contributed by atoms with Crippen LogP contribution in [-0.2, 0) is 10.2 Å². The van der Waals surface area contributed by atoms with Gasteiger partial charge in [-0.3, -0.25) is 4.79 Å². The average Bonchev–Trinajstić information content (AvgIpc) is 2.57. The first-order valence-corrected chi connectivity index (χ1v) is 9.44. The van der Waals surface area contributed by atoms with E-state index >= 15 is 0 Å². The molecule has 0 spiro atoms. The van der Waals surface area contributed by atoms with Crippen molar-refractivity contribution in [2.75, 3.05) is 11.5 Å². The first-order valence-electron chi connectivity index (χ1n) is 8.29. The van der Waals surface area contributed by atoms with Crippen LogP contribution in [0.3, 0.4) is 0 Å². The van der Waals surface area contributed by atoms with Crippen molar-refractivity contribution in [2.24, 2.45) is 0 Å². The minimum atomic E-state index is -0.683. The molecule has 120 valence electrons. The van der Waals surface area contributed by atoms with E-state index in [4.69, 9.17) is 4.74 Å². The van der Waals surface area contributed by atoms with Gasteiger partial charge in [0.05, 0.1) is 5.41 Å². The second kappa shape index (κ2) is 6.95. The Labute approximate surface area is 136 Å². The third kappa shape index (κ3) is 3.27. The molecule has 1 atom stereocenters. The largest absolute Gasteiger partial charge is 0.490 e. The minimum absolute atomic E-state index is 0.299. The maximum atomic E-state index is 11.8. The average molecular weight is 320 g/mol. The second-order valence-electron chi connectivity index (χ2n) is 6.43. The van der Waals surface area contributed by atoms with Gasteiger partial charge in [-0.05, 0) is 49.1 Å². The zero-order valence-electron chi connectivity index (χ0n) is 12.9. The van der Waals surface area contributed by atoms with Gasteiger partial charge in [-0.1, -0.05) is 31.4 Å². The molecule has 1 aromatic rings. The number of carboxylic acid groups (broad SMARTS) is 1. The molecule has 1 saturated carbocycles. The van der Waals surface area contributed by atoms with Gasteiger partial charge in [0, 0.05) is 5.75 Å². The number of ether oxygens (including phenoxy) is 1. The maximum Gasteiger partial charge on any atom is 0.314 e. The molecule has 1 aliphatic heterocycles. The van der Waals surface area contributed by atoms with E-state index in [0.29, 0.717) is 6.10 Å². The quantitative estimate of drug-likeness (QED) is 0.901. The van der Waals surface area contributed by atoms with E-state index in [1.54, 1.807) is 0 Å². The van der Waals surface area contributed by atoms with Crippen LogP contribution in [0.1, 0.15) is 50.5 Å². The SMILES string of the molecule is O=C(O)C1(c2ccc(OC3CCCSC3)cc2)CCCCC1. The predicted molar refractivity (Wildman–Crippen MR) is 89.8 cm³/mol. The normalized spacial score (nSPS) is 24.6. The van der Waals surface area contributed by atoms with Crippen molar-refractivity contribution >= 4 is 17.7 Å². The van der Waals surface area contributed by atoms with E-state index in [9.17, 15) is 9.90 Å². The molecule has 2 fully saturated rings. The van der Waals surface area contributed by atoms with Crippen molar-refractivity contribution in [2.45, 2.75) is 56.5 Å². The Kier molecular flexibility index (Phi) is 4.97. The number of carboxylic acids is 1. The molecule has 0 amide bonds. The number of benzene rings is 1. The van der Waals surface area contributed by atoms with E-state index in [0.717, 1.165) is 55.6 Å². The highest BCUT2D eigenvalue weighted by Gasteiger charge is 2.41. The van der Waals surface area contributed by atoms with Gasteiger partial charge < -0.3 is 9.84 Å². The summed E-state index contributed by atoms with van der Waals surface area (Å²) in [6.45, 7) is 0. The maximum absolute atomic E-state index is 11.8. The number of rotatable bonds is 4. The van der Waals surface area contributed by atoms with E-state index in [-0.39, 0.29) is 0 Å². The summed E-state index contributed by atoms with van der Waals surface area (Å²) in [6.07, 6.45) is 7.30. The van der Waals surface area contributed by atoms with Gasteiger partial charge in [0.2, 0.25) is 0 Å². The summed E-state index contributed by atoms with van der Waals surface area (Å²) >= 11 is 1.95. The molecule has 1 heterocycles. The van der Waals surface area contributed by atoms with Crippen LogP contribution in [0.25, 0.3) is 0 Å². The smallest absolute Gasteiger partial charge is 0.314 e. The first kappa shape index (κ1) is 15.7. The first-order chi connectivity index (χ1) is 10.7. The molecule has 1 aromatic carbocycles. The number of hydrogen-bond acceptors (Lipinski definition) is 3. The molecule has 4 heteroatoms. The van der Waals surface area contributed by atoms with Gasteiger partial charge in [-0.15, -0.1) is 0 Å². The monoisotopic (exact) mass is 320 g/mol. The Balaban J connectivity index is 1.73. The van der Waals surface area contributed by atoms with E-state index in [1.807, 2.05) is 36.0 Å². The van der Waals surface area contributed by atoms with Crippen LogP contribution < -0.4 is 4.74 Å². The van der Waals surface area contributed by atoms with Crippen LogP contribution in [0.2, 0.25) is 0 Å². The lowest BCUT2D eigenvalue weighted by molar-refractivity contribution is -0.145. The van der Waals surface area contributed by atoms with Gasteiger partial charge in [0.1, 0.15) is 11.9 Å². The van der Waals surface area contributed by atoms with Crippen molar-refractivity contribution in [3.63, 3.8) is 0 Å². The molecule has 3 rings (SSSR count). The second-order valence-corrected chi connectivity index (χ2v) is 7.58. The fraction of sp³-hybridized carbons (Fsp3) is 0.611. The van der Waals surface area contributed by atoms with Crippen molar-refractivity contribution in [3.8, 4) is 5.75 Å². The molecule has 2 aliphatic rings. The van der Waals surface area contributed by atoms with Crippen LogP contribution >= 0.6 is 11.8 Å². The van der Waals surface area contributed by atoms with Gasteiger partial charge in [0.25, 0.3) is 0 Å². The fourth-order valence-electron chi connectivity index (χ4n) is 3.63. The highest BCUT2D eigenvalue weighted by molar-refractivity contribution is 7.99. The summed E-state index contributed by atoms with van der Waals surface area (Å²) in [6, 6.07) is 7.83. The lowest BCUT2D eigenvalue weighted by Gasteiger charge is -2.33. The zero-order chi connectivity index (χ0) is 15.4. The summed E-state index contributed by atoms with van der Waals surface area (Å²) in [5, 5.41) is 9.74. The number of thioether (sulfide) groups is 1. The fourth-order valence-corrected chi connectivity index (χ4v) is 4.67. The third-order valence-electron chi connectivity index (χ3n) is 4.94. The molecule has 0 radical (unpaired) electrons. The standard InChI is InChI=1S/C18H24O3S/c19-17(20)18(10-2-1-3-11-18)14-6-8-15(9-7-14)21-16-5-4-12-22-13-16/h6-9,16H,1-5,10-13H2,(H,19,20). The summed E-state index contributed by atoms with van der Waals surface area (Å²) < 4.78 is 6.02. The van der Waals surface area contributed by atoms with E-state index < -0.39 is 11.4 Å². The number of aliphatic carboxylic acids is 1. The van der Waals surface area contributed by atoms with Gasteiger partial charge in [-0.2, -0.15) is 11.8 Å². The summed E-state index contributed by atoms with van der Waals surface area (Å²) in [7, 11) is 0. The Morgan fingerprint density at radius 1 is 1.14 bits per heavy atom. The number of hydrogen-bond donors (Lipinski definition) is 1. The van der Waals surface area contributed by atoms with Crippen molar-refractivity contribution < 1.29 is 14.6 Å². The third-order valence-corrected chi connectivity index (χ3v) is 6.13. The van der Waals surface area contributed by atoms with Crippen molar-refractivity contribution in [1.29, 1.82) is 0 Å². The molecule has 1 aliphatic carbocycles. The van der Waals surface area contributed by atoms with Gasteiger partial charge in [-0.25, -0.2) is 0 Å². The minimum Gasteiger partial charge on any atom is -0.490 e.